The first-order chi connectivity index (χ1) is 7.17. The van der Waals surface area contributed by atoms with Crippen LogP contribution < -0.4 is 10.9 Å². The van der Waals surface area contributed by atoms with Gasteiger partial charge in [0.2, 0.25) is 5.91 Å². The summed E-state index contributed by atoms with van der Waals surface area (Å²) in [6, 6.07) is 3.10. The number of aryl methyl sites for hydroxylation is 1. The lowest BCUT2D eigenvalue weighted by atomic mass is 10.3. The van der Waals surface area contributed by atoms with Crippen molar-refractivity contribution in [3.05, 3.63) is 28.7 Å². The van der Waals surface area contributed by atoms with Gasteiger partial charge in [-0.1, -0.05) is 13.8 Å². The number of anilines is 1. The Hall–Kier alpha value is -1.58. The normalized spacial score (nSPS) is 10.0. The Balaban J connectivity index is 2.87. The molecule has 4 heteroatoms. The summed E-state index contributed by atoms with van der Waals surface area (Å²) in [7, 11) is 0. The van der Waals surface area contributed by atoms with E-state index < -0.39 is 0 Å². The van der Waals surface area contributed by atoms with Crippen LogP contribution in [0.25, 0.3) is 0 Å². The number of carbonyl (C=O) groups excluding carboxylic acids is 1. The molecule has 1 amide bonds. The van der Waals surface area contributed by atoms with Crippen molar-refractivity contribution in [1.29, 1.82) is 0 Å². The highest BCUT2D eigenvalue weighted by Gasteiger charge is 2.01. The van der Waals surface area contributed by atoms with Gasteiger partial charge in [0.05, 0.1) is 5.69 Å². The average molecular weight is 208 g/mol. The van der Waals surface area contributed by atoms with E-state index in [4.69, 9.17) is 0 Å². The van der Waals surface area contributed by atoms with Crippen LogP contribution in [0.1, 0.15) is 26.7 Å². The molecular weight excluding hydrogens is 192 g/mol. The molecule has 15 heavy (non-hydrogen) atoms. The van der Waals surface area contributed by atoms with Crippen molar-refractivity contribution in [2.24, 2.45) is 0 Å². The number of aromatic nitrogens is 1. The predicted molar refractivity (Wildman–Crippen MR) is 59.9 cm³/mol. The van der Waals surface area contributed by atoms with Gasteiger partial charge in [-0.15, -0.1) is 0 Å². The third-order valence-corrected chi connectivity index (χ3v) is 2.05. The fraction of sp³-hybridized carbons (Fsp3) is 0.455. The predicted octanol–water partition coefficient (Wildman–Crippen LogP) is 1.61. The minimum absolute atomic E-state index is 0.0358. The van der Waals surface area contributed by atoms with Gasteiger partial charge in [0.25, 0.3) is 5.56 Å². The number of rotatable bonds is 4. The first-order valence-corrected chi connectivity index (χ1v) is 5.17. The Morgan fingerprint density at radius 3 is 2.73 bits per heavy atom. The molecule has 1 aromatic rings. The lowest BCUT2D eigenvalue weighted by molar-refractivity contribution is -0.115. The van der Waals surface area contributed by atoms with E-state index >= 15 is 0 Å². The second-order valence-corrected chi connectivity index (χ2v) is 3.35. The molecule has 0 bridgehead atoms. The topological polar surface area (TPSA) is 51.1 Å². The highest BCUT2D eigenvalue weighted by Crippen LogP contribution is 2.04. The quantitative estimate of drug-likeness (QED) is 0.817. The van der Waals surface area contributed by atoms with Gasteiger partial charge in [-0.05, 0) is 12.5 Å². The number of hydrogen-bond acceptors (Lipinski definition) is 2. The molecule has 0 aliphatic carbocycles. The summed E-state index contributed by atoms with van der Waals surface area (Å²) < 4.78 is 1.60. The van der Waals surface area contributed by atoms with Crippen LogP contribution in [-0.4, -0.2) is 10.5 Å². The zero-order valence-corrected chi connectivity index (χ0v) is 9.12. The second kappa shape index (κ2) is 5.34. The number of amides is 1. The van der Waals surface area contributed by atoms with Crippen LogP contribution >= 0.6 is 0 Å². The first kappa shape index (κ1) is 11.5. The zero-order valence-electron chi connectivity index (χ0n) is 9.12. The van der Waals surface area contributed by atoms with E-state index in [0.29, 0.717) is 18.7 Å². The molecule has 1 N–H and O–H groups in total. The second-order valence-electron chi connectivity index (χ2n) is 3.35. The molecule has 0 radical (unpaired) electrons. The molecule has 1 aromatic heterocycles. The molecule has 0 aliphatic rings. The zero-order chi connectivity index (χ0) is 11.3. The van der Waals surface area contributed by atoms with Crippen molar-refractivity contribution in [3.63, 3.8) is 0 Å². The van der Waals surface area contributed by atoms with Crippen molar-refractivity contribution in [2.45, 2.75) is 33.2 Å². The molecular formula is C11H16N2O2. The van der Waals surface area contributed by atoms with E-state index in [9.17, 15) is 9.59 Å². The van der Waals surface area contributed by atoms with Gasteiger partial charge in [-0.3, -0.25) is 9.59 Å². The lowest BCUT2D eigenvalue weighted by Gasteiger charge is -2.07. The number of carbonyl (C=O) groups is 1. The number of nitrogens with one attached hydrogen (secondary N) is 1. The van der Waals surface area contributed by atoms with Crippen LogP contribution in [0.3, 0.4) is 0 Å². The van der Waals surface area contributed by atoms with Gasteiger partial charge in [-0.25, -0.2) is 0 Å². The van der Waals surface area contributed by atoms with Gasteiger partial charge in [0, 0.05) is 25.2 Å². The fourth-order valence-corrected chi connectivity index (χ4v) is 1.27. The Kier molecular flexibility index (Phi) is 4.09. The van der Waals surface area contributed by atoms with E-state index in [2.05, 4.69) is 5.32 Å². The highest BCUT2D eigenvalue weighted by molar-refractivity contribution is 5.90. The maximum Gasteiger partial charge on any atom is 0.250 e. The summed E-state index contributed by atoms with van der Waals surface area (Å²) in [6.07, 6.45) is 3.01. The molecule has 0 unspecified atom stereocenters. The van der Waals surface area contributed by atoms with Crippen LogP contribution in [0.2, 0.25) is 0 Å². The lowest BCUT2D eigenvalue weighted by Crippen LogP contribution is -2.20. The smallest absolute Gasteiger partial charge is 0.250 e. The third kappa shape index (κ3) is 3.23. The summed E-state index contributed by atoms with van der Waals surface area (Å²) in [4.78, 5) is 22.5. The Bertz CT molecular complexity index is 396. The summed E-state index contributed by atoms with van der Waals surface area (Å²) in [5.41, 5.74) is 0.640. The van der Waals surface area contributed by atoms with Crippen LogP contribution in [0, 0.1) is 0 Å². The van der Waals surface area contributed by atoms with Crippen LogP contribution in [-0.2, 0) is 11.3 Å². The average Bonchev–Trinajstić information content (AvgIpc) is 2.23. The van der Waals surface area contributed by atoms with Crippen molar-refractivity contribution >= 4 is 11.6 Å². The monoisotopic (exact) mass is 208 g/mol. The van der Waals surface area contributed by atoms with E-state index in [-0.39, 0.29) is 11.5 Å². The molecule has 0 aromatic carbocycles. The van der Waals surface area contributed by atoms with Gasteiger partial charge >= 0.3 is 0 Å². The first-order valence-electron chi connectivity index (χ1n) is 5.17. The molecule has 0 aliphatic heterocycles. The van der Waals surface area contributed by atoms with E-state index in [1.165, 1.54) is 6.07 Å². The maximum absolute atomic E-state index is 11.4. The number of pyridine rings is 1. The molecule has 1 rings (SSSR count). The third-order valence-electron chi connectivity index (χ3n) is 2.05. The summed E-state index contributed by atoms with van der Waals surface area (Å²) in [5.74, 6) is -0.0447. The summed E-state index contributed by atoms with van der Waals surface area (Å²) in [6.45, 7) is 4.47. The molecule has 0 saturated heterocycles. The van der Waals surface area contributed by atoms with Crippen LogP contribution in [0.5, 0.6) is 0 Å². The Labute approximate surface area is 88.9 Å². The highest BCUT2D eigenvalue weighted by atomic mass is 16.1. The van der Waals surface area contributed by atoms with Crippen molar-refractivity contribution in [2.75, 3.05) is 5.32 Å². The van der Waals surface area contributed by atoms with Crippen LogP contribution in [0.15, 0.2) is 23.1 Å². The van der Waals surface area contributed by atoms with Gasteiger partial charge < -0.3 is 9.88 Å². The fourth-order valence-electron chi connectivity index (χ4n) is 1.27. The van der Waals surface area contributed by atoms with E-state index in [0.717, 1.165) is 6.42 Å². The van der Waals surface area contributed by atoms with Crippen molar-refractivity contribution in [1.82, 2.24) is 4.57 Å². The molecule has 0 fully saturated rings. The van der Waals surface area contributed by atoms with Gasteiger partial charge in [0.15, 0.2) is 0 Å². The standard InChI is InChI=1S/C11H16N2O2/c1-3-7-13-8-9(5-6-11(13)15)12-10(14)4-2/h5-6,8H,3-4,7H2,1-2H3,(H,12,14). The molecule has 4 nitrogen and oxygen atoms in total. The van der Waals surface area contributed by atoms with E-state index in [1.54, 1.807) is 23.8 Å². The Morgan fingerprint density at radius 1 is 1.40 bits per heavy atom. The largest absolute Gasteiger partial charge is 0.325 e. The minimum atomic E-state index is -0.0447. The summed E-state index contributed by atoms with van der Waals surface area (Å²) >= 11 is 0. The maximum atomic E-state index is 11.4. The SMILES string of the molecule is CCCn1cc(NC(=O)CC)ccc1=O. The Morgan fingerprint density at radius 2 is 2.13 bits per heavy atom. The molecule has 0 atom stereocenters. The van der Waals surface area contributed by atoms with Gasteiger partial charge in [-0.2, -0.15) is 0 Å². The van der Waals surface area contributed by atoms with E-state index in [1.807, 2.05) is 6.92 Å². The number of hydrogen-bond donors (Lipinski definition) is 1. The van der Waals surface area contributed by atoms with Gasteiger partial charge in [0.1, 0.15) is 0 Å². The summed E-state index contributed by atoms with van der Waals surface area (Å²) in [5, 5.41) is 2.72. The molecule has 0 spiro atoms. The minimum Gasteiger partial charge on any atom is -0.325 e. The molecule has 0 saturated carbocycles. The van der Waals surface area contributed by atoms with Crippen molar-refractivity contribution < 1.29 is 4.79 Å². The molecule has 1 heterocycles. The van der Waals surface area contributed by atoms with Crippen LogP contribution in [0.4, 0.5) is 5.69 Å². The molecule has 82 valence electrons. The van der Waals surface area contributed by atoms with Crippen molar-refractivity contribution in [3.8, 4) is 0 Å². The number of nitrogens with zero attached hydrogens (tertiary/aromatic N) is 1.